The predicted octanol–water partition coefficient (Wildman–Crippen LogP) is 12.9. The van der Waals surface area contributed by atoms with Crippen LogP contribution >= 0.6 is 0 Å². The first-order chi connectivity index (χ1) is 24.8. The maximum atomic E-state index is 2.44. The van der Waals surface area contributed by atoms with Crippen molar-refractivity contribution in [1.29, 1.82) is 0 Å². The Balaban J connectivity index is 1.32. The average molecular weight is 637 g/mol. The van der Waals surface area contributed by atoms with Gasteiger partial charge in [0, 0.05) is 38.5 Å². The summed E-state index contributed by atoms with van der Waals surface area (Å²) in [6.07, 6.45) is 0. The Morgan fingerprint density at radius 2 is 0.820 bits per heavy atom. The summed E-state index contributed by atoms with van der Waals surface area (Å²) in [6.45, 7) is 0. The Bertz CT molecular complexity index is 2830. The first-order valence-corrected chi connectivity index (χ1v) is 17.2. The summed E-state index contributed by atoms with van der Waals surface area (Å²) in [7, 11) is 0. The molecule has 10 aromatic rings. The van der Waals surface area contributed by atoms with Gasteiger partial charge in [-0.05, 0) is 76.2 Å². The quantitative estimate of drug-likeness (QED) is 0.178. The summed E-state index contributed by atoms with van der Waals surface area (Å²) in [5.41, 5.74) is 13.2. The summed E-state index contributed by atoms with van der Waals surface area (Å²) < 4.78 is 4.87. The Hall–Kier alpha value is -6.64. The van der Waals surface area contributed by atoms with Crippen molar-refractivity contribution in [2.45, 2.75) is 0 Å². The number of hydrogen-bond acceptors (Lipinski definition) is 0. The SMILES string of the molecule is c1ccc(-c2c(-c3ccccc3)n(-c3ccccc3)c3ccc(-c4cc5c6ccccc6n(-c6ccccc6)c5c5ccccc45)cc23)cc1. The van der Waals surface area contributed by atoms with Gasteiger partial charge in [-0.3, -0.25) is 0 Å². The van der Waals surface area contributed by atoms with E-state index in [2.05, 4.69) is 203 Å². The minimum atomic E-state index is 1.15. The van der Waals surface area contributed by atoms with Gasteiger partial charge < -0.3 is 9.13 Å². The fourth-order valence-corrected chi connectivity index (χ4v) is 7.98. The maximum absolute atomic E-state index is 2.44. The van der Waals surface area contributed by atoms with Gasteiger partial charge in [0.2, 0.25) is 0 Å². The van der Waals surface area contributed by atoms with Gasteiger partial charge in [0.15, 0.2) is 0 Å². The lowest BCUT2D eigenvalue weighted by atomic mass is 9.93. The van der Waals surface area contributed by atoms with Crippen LogP contribution in [0.25, 0.3) is 88.4 Å². The Morgan fingerprint density at radius 3 is 1.50 bits per heavy atom. The van der Waals surface area contributed by atoms with Gasteiger partial charge in [-0.2, -0.15) is 0 Å². The molecule has 50 heavy (non-hydrogen) atoms. The van der Waals surface area contributed by atoms with Crippen molar-refractivity contribution in [3.63, 3.8) is 0 Å². The van der Waals surface area contributed by atoms with Crippen molar-refractivity contribution in [1.82, 2.24) is 9.13 Å². The highest BCUT2D eigenvalue weighted by atomic mass is 15.0. The molecule has 0 bridgehead atoms. The molecule has 234 valence electrons. The van der Waals surface area contributed by atoms with Crippen LogP contribution in [0, 0.1) is 0 Å². The zero-order valence-corrected chi connectivity index (χ0v) is 27.4. The van der Waals surface area contributed by atoms with Gasteiger partial charge in [-0.1, -0.05) is 146 Å². The van der Waals surface area contributed by atoms with E-state index in [1.807, 2.05) is 0 Å². The molecule has 0 unspecified atom stereocenters. The van der Waals surface area contributed by atoms with Crippen molar-refractivity contribution in [2.24, 2.45) is 0 Å². The van der Waals surface area contributed by atoms with Crippen LogP contribution in [0.1, 0.15) is 0 Å². The van der Waals surface area contributed by atoms with E-state index in [1.54, 1.807) is 0 Å². The zero-order chi connectivity index (χ0) is 33.0. The van der Waals surface area contributed by atoms with Crippen molar-refractivity contribution in [3.05, 3.63) is 194 Å². The number of para-hydroxylation sites is 3. The first kappa shape index (κ1) is 28.4. The highest BCUT2D eigenvalue weighted by Crippen LogP contribution is 2.46. The van der Waals surface area contributed by atoms with Gasteiger partial charge >= 0.3 is 0 Å². The van der Waals surface area contributed by atoms with Crippen molar-refractivity contribution in [3.8, 4) is 44.9 Å². The fraction of sp³-hybridized carbons (Fsp3) is 0. The lowest BCUT2D eigenvalue weighted by molar-refractivity contribution is 1.13. The van der Waals surface area contributed by atoms with Crippen LogP contribution in [0.5, 0.6) is 0 Å². The third-order valence-corrected chi connectivity index (χ3v) is 10.1. The molecule has 10 rings (SSSR count). The maximum Gasteiger partial charge on any atom is 0.0619 e. The van der Waals surface area contributed by atoms with Gasteiger partial charge in [0.1, 0.15) is 0 Å². The molecule has 2 heterocycles. The molecule has 0 fully saturated rings. The summed E-state index contributed by atoms with van der Waals surface area (Å²) in [5, 5.41) is 6.23. The predicted molar refractivity (Wildman–Crippen MR) is 211 cm³/mol. The summed E-state index contributed by atoms with van der Waals surface area (Å²) in [6, 6.07) is 70.4. The third kappa shape index (κ3) is 4.36. The van der Waals surface area contributed by atoms with E-state index in [4.69, 9.17) is 0 Å². The lowest BCUT2D eigenvalue weighted by Crippen LogP contribution is -1.97. The second-order valence-corrected chi connectivity index (χ2v) is 12.9. The van der Waals surface area contributed by atoms with E-state index in [0.717, 1.165) is 5.69 Å². The van der Waals surface area contributed by atoms with Crippen LogP contribution < -0.4 is 0 Å². The molecule has 0 N–H and O–H groups in total. The molecule has 2 heteroatoms. The molecular formula is C48H32N2. The second-order valence-electron chi connectivity index (χ2n) is 12.9. The molecule has 2 nitrogen and oxygen atoms in total. The molecule has 2 aromatic heterocycles. The molecule has 0 aliphatic rings. The normalized spacial score (nSPS) is 11.6. The van der Waals surface area contributed by atoms with Crippen LogP contribution in [0.3, 0.4) is 0 Å². The van der Waals surface area contributed by atoms with E-state index >= 15 is 0 Å². The molecule has 0 aliphatic heterocycles. The van der Waals surface area contributed by atoms with Crippen LogP contribution in [-0.2, 0) is 0 Å². The van der Waals surface area contributed by atoms with E-state index in [-0.39, 0.29) is 0 Å². The molecule has 0 amide bonds. The Morgan fingerprint density at radius 1 is 0.300 bits per heavy atom. The van der Waals surface area contributed by atoms with Gasteiger partial charge in [-0.15, -0.1) is 0 Å². The largest absolute Gasteiger partial charge is 0.309 e. The number of fused-ring (bicyclic) bond motifs is 6. The van der Waals surface area contributed by atoms with Gasteiger partial charge in [0.25, 0.3) is 0 Å². The smallest absolute Gasteiger partial charge is 0.0619 e. The average Bonchev–Trinajstić information content (AvgIpc) is 3.72. The lowest BCUT2D eigenvalue weighted by Gasteiger charge is -2.13. The highest BCUT2D eigenvalue weighted by molar-refractivity contribution is 6.22. The minimum Gasteiger partial charge on any atom is -0.309 e. The summed E-state index contributed by atoms with van der Waals surface area (Å²) >= 11 is 0. The number of nitrogens with zero attached hydrogens (tertiary/aromatic N) is 2. The standard InChI is InChI=1S/C48H32N2/c1-5-17-33(18-6-1)46-43-31-35(29-30-45(43)49(36-21-9-3-10-22-36)47(46)34-19-7-2-8-20-34)41-32-42-39-26-15-16-28-44(39)50(37-23-11-4-12-24-37)48(42)40-27-14-13-25-38(40)41/h1-32H. The molecular weight excluding hydrogens is 605 g/mol. The number of benzene rings is 8. The van der Waals surface area contributed by atoms with Crippen LogP contribution in [0.4, 0.5) is 0 Å². The van der Waals surface area contributed by atoms with Crippen LogP contribution in [-0.4, -0.2) is 9.13 Å². The first-order valence-electron chi connectivity index (χ1n) is 17.2. The van der Waals surface area contributed by atoms with Gasteiger partial charge in [0.05, 0.1) is 22.2 Å². The molecule has 8 aromatic carbocycles. The third-order valence-electron chi connectivity index (χ3n) is 10.1. The second kappa shape index (κ2) is 11.5. The molecule has 0 radical (unpaired) electrons. The van der Waals surface area contributed by atoms with E-state index in [9.17, 15) is 0 Å². The molecule has 0 aliphatic carbocycles. The summed E-state index contributed by atoms with van der Waals surface area (Å²) in [4.78, 5) is 0. The van der Waals surface area contributed by atoms with E-state index < -0.39 is 0 Å². The van der Waals surface area contributed by atoms with E-state index in [1.165, 1.54) is 82.7 Å². The summed E-state index contributed by atoms with van der Waals surface area (Å²) in [5.74, 6) is 0. The monoisotopic (exact) mass is 636 g/mol. The molecule has 0 atom stereocenters. The molecule has 0 spiro atoms. The molecule has 0 saturated carbocycles. The minimum absolute atomic E-state index is 1.15. The fourth-order valence-electron chi connectivity index (χ4n) is 7.98. The van der Waals surface area contributed by atoms with Crippen molar-refractivity contribution >= 4 is 43.5 Å². The zero-order valence-electron chi connectivity index (χ0n) is 27.4. The molecule has 0 saturated heterocycles. The number of rotatable bonds is 5. The van der Waals surface area contributed by atoms with E-state index in [0.29, 0.717) is 0 Å². The Labute approximate surface area is 290 Å². The number of hydrogen-bond donors (Lipinski definition) is 0. The highest BCUT2D eigenvalue weighted by Gasteiger charge is 2.23. The Kier molecular flexibility index (Phi) is 6.53. The van der Waals surface area contributed by atoms with Crippen molar-refractivity contribution < 1.29 is 0 Å². The number of aromatic nitrogens is 2. The van der Waals surface area contributed by atoms with Crippen LogP contribution in [0.2, 0.25) is 0 Å². The van der Waals surface area contributed by atoms with Crippen LogP contribution in [0.15, 0.2) is 194 Å². The topological polar surface area (TPSA) is 9.86 Å². The van der Waals surface area contributed by atoms with Gasteiger partial charge in [-0.25, -0.2) is 0 Å². The van der Waals surface area contributed by atoms with Crippen molar-refractivity contribution in [2.75, 3.05) is 0 Å².